The van der Waals surface area contributed by atoms with Crippen LogP contribution in [0.25, 0.3) is 0 Å². The van der Waals surface area contributed by atoms with E-state index in [1.54, 1.807) is 17.6 Å². The minimum absolute atomic E-state index is 0.249. The Morgan fingerprint density at radius 1 is 1.32 bits per heavy atom. The molecule has 4 N–H and O–H groups in total. The second-order valence-electron chi connectivity index (χ2n) is 7.10. The van der Waals surface area contributed by atoms with E-state index in [0.29, 0.717) is 55.2 Å². The molecule has 144 valence electrons. The lowest BCUT2D eigenvalue weighted by Crippen LogP contribution is -2.54. The van der Waals surface area contributed by atoms with Gasteiger partial charge in [-0.1, -0.05) is 0 Å². The molecule has 0 atom stereocenters. The highest BCUT2D eigenvalue weighted by molar-refractivity contribution is 5.97. The second kappa shape index (κ2) is 6.61. The first kappa shape index (κ1) is 17.9. The Bertz CT molecular complexity index is 1050. The first-order chi connectivity index (χ1) is 13.4. The summed E-state index contributed by atoms with van der Waals surface area (Å²) in [4.78, 5) is 35.9. The molecule has 2 aliphatic heterocycles. The normalized spacial score (nSPS) is 17.8. The Hall–Kier alpha value is -3.45. The number of fused-ring (bicyclic) bond motifs is 2. The van der Waals surface area contributed by atoms with Crippen molar-refractivity contribution in [1.29, 1.82) is 5.26 Å². The Morgan fingerprint density at radius 3 is 2.75 bits per heavy atom. The number of amides is 1. The Balaban J connectivity index is 1.75. The van der Waals surface area contributed by atoms with Gasteiger partial charge in [0.05, 0.1) is 12.6 Å². The number of nitriles is 1. The number of nitrogens with one attached hydrogen (secondary N) is 2. The summed E-state index contributed by atoms with van der Waals surface area (Å²) in [6.45, 7) is 3.38. The van der Waals surface area contributed by atoms with E-state index in [1.165, 1.54) is 12.4 Å². The average molecular weight is 380 g/mol. The lowest BCUT2D eigenvalue weighted by molar-refractivity contribution is 0.0777. The number of rotatable bonds is 3. The van der Waals surface area contributed by atoms with Gasteiger partial charge < -0.3 is 16.4 Å². The molecule has 10 nitrogen and oxygen atoms in total. The Morgan fingerprint density at radius 2 is 2.07 bits per heavy atom. The van der Waals surface area contributed by atoms with E-state index < -0.39 is 5.66 Å². The zero-order valence-electron chi connectivity index (χ0n) is 15.4. The second-order valence-corrected chi connectivity index (χ2v) is 7.10. The predicted octanol–water partition coefficient (Wildman–Crippen LogP) is 0.288. The number of carbonyl (C=O) groups is 1. The molecule has 1 fully saturated rings. The smallest absolute Gasteiger partial charge is 0.276 e. The van der Waals surface area contributed by atoms with E-state index in [9.17, 15) is 9.59 Å². The van der Waals surface area contributed by atoms with E-state index in [-0.39, 0.29) is 17.3 Å². The summed E-state index contributed by atoms with van der Waals surface area (Å²) in [5.74, 6) is 0.439. The summed E-state index contributed by atoms with van der Waals surface area (Å²) in [5.41, 5.74) is 5.99. The van der Waals surface area contributed by atoms with Gasteiger partial charge in [0, 0.05) is 32.0 Å². The number of aromatic nitrogens is 3. The molecule has 1 saturated heterocycles. The van der Waals surface area contributed by atoms with Crippen molar-refractivity contribution in [2.45, 2.75) is 25.4 Å². The van der Waals surface area contributed by atoms with Gasteiger partial charge in [-0.15, -0.1) is 0 Å². The maximum absolute atomic E-state index is 13.3. The van der Waals surface area contributed by atoms with Crippen LogP contribution in [0.15, 0.2) is 23.3 Å². The number of hydrogen-bond donors (Lipinski definition) is 3. The standard InChI is InChI=1S/C18H20N8O2/c1-11-8-12(23-14-9-13(20)21-10-22-14)17(28)26-15(11)16(27)24-18(26)2-5-25(6-3-18)7-4-19/h8-10H,2-3,5-7H2,1H3,(H,24,27)(H3,20,21,22,23). The van der Waals surface area contributed by atoms with E-state index in [1.807, 2.05) is 4.90 Å². The summed E-state index contributed by atoms with van der Waals surface area (Å²) >= 11 is 0. The number of nitrogens with two attached hydrogens (primary N) is 1. The number of aryl methyl sites for hydroxylation is 1. The number of pyridine rings is 1. The van der Waals surface area contributed by atoms with Crippen LogP contribution >= 0.6 is 0 Å². The highest BCUT2D eigenvalue weighted by Gasteiger charge is 2.46. The molecule has 0 saturated carbocycles. The third-order valence-electron chi connectivity index (χ3n) is 5.31. The maximum Gasteiger partial charge on any atom is 0.276 e. The molecular formula is C18H20N8O2. The number of hydrogen-bond acceptors (Lipinski definition) is 8. The molecule has 2 aliphatic rings. The first-order valence-corrected chi connectivity index (χ1v) is 8.97. The van der Waals surface area contributed by atoms with Gasteiger partial charge in [-0.05, 0) is 18.6 Å². The van der Waals surface area contributed by atoms with Gasteiger partial charge in [-0.25, -0.2) is 9.97 Å². The van der Waals surface area contributed by atoms with Crippen molar-refractivity contribution in [1.82, 2.24) is 24.8 Å². The fraction of sp³-hybridized carbons (Fsp3) is 0.389. The summed E-state index contributed by atoms with van der Waals surface area (Å²) in [7, 11) is 0. The summed E-state index contributed by atoms with van der Waals surface area (Å²) in [6.07, 6.45) is 2.42. The molecule has 28 heavy (non-hydrogen) atoms. The average Bonchev–Trinajstić information content (AvgIpc) is 2.94. The van der Waals surface area contributed by atoms with Crippen molar-refractivity contribution in [3.63, 3.8) is 0 Å². The summed E-state index contributed by atoms with van der Waals surface area (Å²) in [5, 5.41) is 14.9. The van der Waals surface area contributed by atoms with Crippen LogP contribution in [0, 0.1) is 18.3 Å². The topological polar surface area (TPSA) is 142 Å². The predicted molar refractivity (Wildman–Crippen MR) is 102 cm³/mol. The van der Waals surface area contributed by atoms with Crippen molar-refractivity contribution in [3.8, 4) is 6.07 Å². The SMILES string of the molecule is Cc1cc(Nc2cc(N)ncn2)c(=O)n2c1C(=O)NC21CCN(CC#N)CC1. The summed E-state index contributed by atoms with van der Waals surface area (Å²) < 4.78 is 1.57. The number of piperidine rings is 1. The Kier molecular flexibility index (Phi) is 4.24. The summed E-state index contributed by atoms with van der Waals surface area (Å²) in [6, 6.07) is 5.33. The van der Waals surface area contributed by atoms with E-state index in [2.05, 4.69) is 26.7 Å². The minimum atomic E-state index is -0.775. The molecule has 0 aromatic carbocycles. The van der Waals surface area contributed by atoms with Gasteiger partial charge in [-0.3, -0.25) is 19.1 Å². The van der Waals surface area contributed by atoms with Crippen molar-refractivity contribution in [2.75, 3.05) is 30.7 Å². The molecule has 0 bridgehead atoms. The molecule has 2 aromatic rings. The molecule has 4 rings (SSSR count). The fourth-order valence-electron chi connectivity index (χ4n) is 3.96. The molecule has 2 aromatic heterocycles. The number of nitrogen functional groups attached to an aromatic ring is 1. The van der Waals surface area contributed by atoms with Gasteiger partial charge >= 0.3 is 0 Å². The number of likely N-dealkylation sites (tertiary alicyclic amines) is 1. The molecule has 1 spiro atoms. The fourth-order valence-corrected chi connectivity index (χ4v) is 3.96. The van der Waals surface area contributed by atoms with E-state index in [4.69, 9.17) is 11.0 Å². The zero-order valence-corrected chi connectivity index (χ0v) is 15.4. The van der Waals surface area contributed by atoms with E-state index in [0.717, 1.165) is 0 Å². The van der Waals surface area contributed by atoms with Crippen molar-refractivity contribution in [2.24, 2.45) is 0 Å². The van der Waals surface area contributed by atoms with Crippen LogP contribution in [0.1, 0.15) is 28.9 Å². The minimum Gasteiger partial charge on any atom is -0.384 e. The van der Waals surface area contributed by atoms with Gasteiger partial charge in [0.25, 0.3) is 11.5 Å². The van der Waals surface area contributed by atoms with Gasteiger partial charge in [0.15, 0.2) is 0 Å². The molecule has 1 amide bonds. The zero-order chi connectivity index (χ0) is 19.9. The Labute approximate surface area is 161 Å². The van der Waals surface area contributed by atoms with Crippen LogP contribution in [-0.2, 0) is 5.66 Å². The number of nitrogens with zero attached hydrogens (tertiary/aromatic N) is 5. The van der Waals surface area contributed by atoms with Crippen LogP contribution < -0.4 is 21.9 Å². The third kappa shape index (κ3) is 2.86. The molecule has 0 unspecified atom stereocenters. The van der Waals surface area contributed by atoms with Gasteiger partial charge in [0.1, 0.15) is 35.0 Å². The lowest BCUT2D eigenvalue weighted by Gasteiger charge is -2.39. The largest absolute Gasteiger partial charge is 0.384 e. The van der Waals surface area contributed by atoms with Crippen LogP contribution in [0.3, 0.4) is 0 Å². The van der Waals surface area contributed by atoms with Crippen molar-refractivity contribution >= 4 is 23.2 Å². The van der Waals surface area contributed by atoms with Crippen LogP contribution in [0.2, 0.25) is 0 Å². The van der Waals surface area contributed by atoms with Crippen molar-refractivity contribution in [3.05, 3.63) is 40.1 Å². The quantitative estimate of drug-likeness (QED) is 0.645. The van der Waals surface area contributed by atoms with E-state index >= 15 is 0 Å². The molecule has 4 heterocycles. The van der Waals surface area contributed by atoms with Gasteiger partial charge in [0.2, 0.25) is 0 Å². The van der Waals surface area contributed by atoms with Crippen molar-refractivity contribution < 1.29 is 4.79 Å². The van der Waals surface area contributed by atoms with Crippen LogP contribution in [0.4, 0.5) is 17.3 Å². The number of anilines is 3. The van der Waals surface area contributed by atoms with Crippen LogP contribution in [0.5, 0.6) is 0 Å². The monoisotopic (exact) mass is 380 g/mol. The first-order valence-electron chi connectivity index (χ1n) is 8.97. The number of carbonyl (C=O) groups excluding carboxylic acids is 1. The van der Waals surface area contributed by atoms with Gasteiger partial charge in [-0.2, -0.15) is 5.26 Å². The lowest BCUT2D eigenvalue weighted by atomic mass is 9.96. The third-order valence-corrected chi connectivity index (χ3v) is 5.31. The maximum atomic E-state index is 13.3. The molecular weight excluding hydrogens is 360 g/mol. The molecule has 10 heteroatoms. The van der Waals surface area contributed by atoms with Crippen LogP contribution in [-0.4, -0.2) is 45.0 Å². The highest BCUT2D eigenvalue weighted by atomic mass is 16.2. The molecule has 0 radical (unpaired) electrons. The molecule has 0 aliphatic carbocycles. The highest BCUT2D eigenvalue weighted by Crippen LogP contribution is 2.34.